The maximum atomic E-state index is 11.5. The SMILES string of the molecule is CNC(=O)CC1CCN(CC(O)COc2ccc3ccc(-c4ccnnc4)cc3c2)CC1. The first-order chi connectivity index (χ1) is 15.6. The summed E-state index contributed by atoms with van der Waals surface area (Å²) in [6.45, 7) is 2.64. The van der Waals surface area contributed by atoms with E-state index in [-0.39, 0.29) is 12.5 Å². The summed E-state index contributed by atoms with van der Waals surface area (Å²) in [6.07, 6.45) is 5.44. The molecular formula is C25H30N4O3. The van der Waals surface area contributed by atoms with Crippen LogP contribution >= 0.6 is 0 Å². The van der Waals surface area contributed by atoms with Crippen molar-refractivity contribution in [1.82, 2.24) is 20.4 Å². The third-order valence-electron chi connectivity index (χ3n) is 6.10. The molecule has 4 rings (SSSR count). The third kappa shape index (κ3) is 5.81. The summed E-state index contributed by atoms with van der Waals surface area (Å²) in [5.74, 6) is 1.28. The third-order valence-corrected chi connectivity index (χ3v) is 6.10. The van der Waals surface area contributed by atoms with Gasteiger partial charge in [0.05, 0.1) is 12.4 Å². The number of ether oxygens (including phenoxy) is 1. The first-order valence-electron chi connectivity index (χ1n) is 11.2. The molecule has 2 aromatic carbocycles. The molecule has 2 heterocycles. The summed E-state index contributed by atoms with van der Waals surface area (Å²) in [7, 11) is 1.68. The second-order valence-corrected chi connectivity index (χ2v) is 8.44. The van der Waals surface area contributed by atoms with Crippen LogP contribution < -0.4 is 10.1 Å². The highest BCUT2D eigenvalue weighted by Crippen LogP contribution is 2.27. The van der Waals surface area contributed by atoms with Gasteiger partial charge in [-0.15, -0.1) is 0 Å². The van der Waals surface area contributed by atoms with Crippen molar-refractivity contribution in [3.8, 4) is 16.9 Å². The summed E-state index contributed by atoms with van der Waals surface area (Å²) >= 11 is 0. The normalized spacial score (nSPS) is 16.1. The highest BCUT2D eigenvalue weighted by molar-refractivity contribution is 5.88. The fourth-order valence-corrected chi connectivity index (χ4v) is 4.24. The van der Waals surface area contributed by atoms with E-state index in [0.717, 1.165) is 53.6 Å². The standard InChI is InChI=1S/C25H30N4O3/c1-26-25(31)12-18-7-10-29(11-8-18)16-23(30)17-32-24-5-4-19-2-3-20(13-22(19)14-24)21-6-9-27-28-15-21/h2-6,9,13-15,18,23,30H,7-8,10-12,16-17H2,1H3,(H,26,31). The van der Waals surface area contributed by atoms with Crippen LogP contribution in [0.15, 0.2) is 54.9 Å². The van der Waals surface area contributed by atoms with Gasteiger partial charge in [-0.1, -0.05) is 18.2 Å². The topological polar surface area (TPSA) is 87.6 Å². The van der Waals surface area contributed by atoms with Crippen LogP contribution in [0.4, 0.5) is 0 Å². The molecule has 0 saturated carbocycles. The van der Waals surface area contributed by atoms with Gasteiger partial charge in [-0.3, -0.25) is 4.79 Å². The molecule has 2 N–H and O–H groups in total. The molecule has 1 aliphatic heterocycles. The van der Waals surface area contributed by atoms with Crippen LogP contribution in [0.2, 0.25) is 0 Å². The number of likely N-dealkylation sites (tertiary alicyclic amines) is 1. The fraction of sp³-hybridized carbons (Fsp3) is 0.400. The number of aromatic nitrogens is 2. The van der Waals surface area contributed by atoms with Crippen molar-refractivity contribution in [3.05, 3.63) is 54.9 Å². The lowest BCUT2D eigenvalue weighted by Gasteiger charge is -2.32. The van der Waals surface area contributed by atoms with E-state index in [1.54, 1.807) is 19.4 Å². The molecule has 1 atom stereocenters. The number of carbonyl (C=O) groups is 1. The van der Waals surface area contributed by atoms with Gasteiger partial charge in [0.25, 0.3) is 0 Å². The molecule has 1 aliphatic rings. The Labute approximate surface area is 188 Å². The molecule has 7 heteroatoms. The largest absolute Gasteiger partial charge is 0.491 e. The first kappa shape index (κ1) is 22.2. The minimum absolute atomic E-state index is 0.108. The number of benzene rings is 2. The summed E-state index contributed by atoms with van der Waals surface area (Å²) in [5.41, 5.74) is 2.09. The molecule has 0 spiro atoms. The van der Waals surface area contributed by atoms with Crippen molar-refractivity contribution < 1.29 is 14.6 Å². The molecule has 7 nitrogen and oxygen atoms in total. The molecule has 1 aromatic heterocycles. The van der Waals surface area contributed by atoms with Crippen molar-refractivity contribution >= 4 is 16.7 Å². The van der Waals surface area contributed by atoms with E-state index in [4.69, 9.17) is 4.74 Å². The van der Waals surface area contributed by atoms with Crippen LogP contribution in [0.1, 0.15) is 19.3 Å². The van der Waals surface area contributed by atoms with Crippen molar-refractivity contribution in [3.63, 3.8) is 0 Å². The fourth-order valence-electron chi connectivity index (χ4n) is 4.24. The summed E-state index contributed by atoms with van der Waals surface area (Å²) < 4.78 is 5.90. The monoisotopic (exact) mass is 434 g/mol. The van der Waals surface area contributed by atoms with Gasteiger partial charge in [-0.05, 0) is 72.5 Å². The van der Waals surface area contributed by atoms with Gasteiger partial charge in [0.15, 0.2) is 0 Å². The quantitative estimate of drug-likeness (QED) is 0.567. The Morgan fingerprint density at radius 3 is 2.69 bits per heavy atom. The van der Waals surface area contributed by atoms with E-state index in [1.165, 1.54) is 0 Å². The Kier molecular flexibility index (Phi) is 7.29. The van der Waals surface area contributed by atoms with Crippen molar-refractivity contribution in [1.29, 1.82) is 0 Å². The highest BCUT2D eigenvalue weighted by atomic mass is 16.5. The molecule has 0 bridgehead atoms. The minimum atomic E-state index is -0.560. The number of aliphatic hydroxyl groups excluding tert-OH is 1. The number of fused-ring (bicyclic) bond motifs is 1. The van der Waals surface area contributed by atoms with Crippen LogP contribution in [0, 0.1) is 5.92 Å². The molecule has 0 radical (unpaired) electrons. The zero-order chi connectivity index (χ0) is 22.3. The molecule has 168 valence electrons. The lowest BCUT2D eigenvalue weighted by atomic mass is 9.93. The number of aliphatic hydroxyl groups is 1. The number of rotatable bonds is 8. The number of amides is 1. The molecular weight excluding hydrogens is 404 g/mol. The smallest absolute Gasteiger partial charge is 0.220 e. The lowest BCUT2D eigenvalue weighted by Crippen LogP contribution is -2.41. The van der Waals surface area contributed by atoms with Crippen molar-refractivity contribution in [2.24, 2.45) is 5.92 Å². The van der Waals surface area contributed by atoms with Crippen LogP contribution in [-0.2, 0) is 4.79 Å². The molecule has 32 heavy (non-hydrogen) atoms. The average molecular weight is 435 g/mol. The zero-order valence-electron chi connectivity index (χ0n) is 18.4. The van der Waals surface area contributed by atoms with E-state index in [9.17, 15) is 9.90 Å². The van der Waals surface area contributed by atoms with Gasteiger partial charge in [-0.25, -0.2) is 0 Å². The van der Waals surface area contributed by atoms with Gasteiger partial charge < -0.3 is 20.1 Å². The lowest BCUT2D eigenvalue weighted by molar-refractivity contribution is -0.121. The van der Waals surface area contributed by atoms with Crippen LogP contribution in [0.25, 0.3) is 21.9 Å². The second-order valence-electron chi connectivity index (χ2n) is 8.44. The predicted molar refractivity (Wildman–Crippen MR) is 124 cm³/mol. The number of piperidine rings is 1. The minimum Gasteiger partial charge on any atom is -0.491 e. The Hall–Kier alpha value is -3.03. The molecule has 1 saturated heterocycles. The Morgan fingerprint density at radius 2 is 1.94 bits per heavy atom. The van der Waals surface area contributed by atoms with E-state index in [1.807, 2.05) is 24.3 Å². The zero-order valence-corrected chi connectivity index (χ0v) is 18.4. The van der Waals surface area contributed by atoms with Crippen LogP contribution in [0.3, 0.4) is 0 Å². The summed E-state index contributed by atoms with van der Waals surface area (Å²) in [6, 6.07) is 14.2. The summed E-state index contributed by atoms with van der Waals surface area (Å²) in [5, 5.41) is 23.2. The maximum absolute atomic E-state index is 11.5. The number of hydrogen-bond donors (Lipinski definition) is 2. The Bertz CT molecular complexity index is 1040. The molecule has 0 aliphatic carbocycles. The number of nitrogens with zero attached hydrogens (tertiary/aromatic N) is 3. The molecule has 1 unspecified atom stereocenters. The average Bonchev–Trinajstić information content (AvgIpc) is 2.84. The van der Waals surface area contributed by atoms with Crippen LogP contribution in [-0.4, -0.2) is 65.5 Å². The van der Waals surface area contributed by atoms with E-state index < -0.39 is 6.10 Å². The number of carbonyl (C=O) groups excluding carboxylic acids is 1. The van der Waals surface area contributed by atoms with Gasteiger partial charge in [-0.2, -0.15) is 10.2 Å². The Morgan fingerprint density at radius 1 is 1.12 bits per heavy atom. The highest BCUT2D eigenvalue weighted by Gasteiger charge is 2.22. The van der Waals surface area contributed by atoms with Gasteiger partial charge in [0, 0.05) is 25.6 Å². The number of hydrogen-bond acceptors (Lipinski definition) is 6. The summed E-state index contributed by atoms with van der Waals surface area (Å²) in [4.78, 5) is 13.8. The molecule has 3 aromatic rings. The predicted octanol–water partition coefficient (Wildman–Crippen LogP) is 2.88. The van der Waals surface area contributed by atoms with Gasteiger partial charge >= 0.3 is 0 Å². The number of β-amino-alcohol motifs (C(OH)–C–C–N with tert-alkyl or cyclic N) is 1. The van der Waals surface area contributed by atoms with Gasteiger partial charge in [0.2, 0.25) is 5.91 Å². The van der Waals surface area contributed by atoms with Crippen molar-refractivity contribution in [2.75, 3.05) is 33.3 Å². The Balaban J connectivity index is 1.29. The van der Waals surface area contributed by atoms with E-state index in [0.29, 0.717) is 18.9 Å². The molecule has 1 amide bonds. The van der Waals surface area contributed by atoms with E-state index in [2.05, 4.69) is 38.6 Å². The van der Waals surface area contributed by atoms with E-state index >= 15 is 0 Å². The van der Waals surface area contributed by atoms with Gasteiger partial charge in [0.1, 0.15) is 18.5 Å². The maximum Gasteiger partial charge on any atom is 0.220 e. The van der Waals surface area contributed by atoms with Crippen molar-refractivity contribution in [2.45, 2.75) is 25.4 Å². The first-order valence-corrected chi connectivity index (χ1v) is 11.2. The number of nitrogens with one attached hydrogen (secondary N) is 1. The molecule has 1 fully saturated rings. The second kappa shape index (κ2) is 10.5. The van der Waals surface area contributed by atoms with Crippen LogP contribution in [0.5, 0.6) is 5.75 Å².